The fraction of sp³-hybridized carbons (Fsp3) is 0.190. The number of anilines is 3. The molecule has 1 N–H and O–H groups in total. The maximum Gasteiger partial charge on any atom is 0.258 e. The Morgan fingerprint density at radius 2 is 1.86 bits per heavy atom. The van der Waals surface area contributed by atoms with Crippen molar-refractivity contribution in [2.45, 2.75) is 13.8 Å². The third-order valence-corrected chi connectivity index (χ3v) is 4.66. The molecule has 6 nitrogen and oxygen atoms in total. The Morgan fingerprint density at radius 1 is 1.18 bits per heavy atom. The van der Waals surface area contributed by atoms with E-state index in [0.717, 1.165) is 11.3 Å². The van der Waals surface area contributed by atoms with E-state index in [9.17, 15) is 4.79 Å². The molecule has 1 amide bonds. The van der Waals surface area contributed by atoms with E-state index in [2.05, 4.69) is 15.3 Å². The predicted octanol–water partition coefficient (Wildman–Crippen LogP) is 4.86. The number of nitrogens with one attached hydrogen (secondary N) is 1. The third kappa shape index (κ3) is 4.23. The highest BCUT2D eigenvalue weighted by molar-refractivity contribution is 6.31. The van der Waals surface area contributed by atoms with Crippen LogP contribution in [0.2, 0.25) is 5.02 Å². The van der Waals surface area contributed by atoms with Gasteiger partial charge in [-0.2, -0.15) is 0 Å². The maximum absolute atomic E-state index is 12.6. The fourth-order valence-electron chi connectivity index (χ4n) is 2.75. The van der Waals surface area contributed by atoms with Crippen molar-refractivity contribution in [2.24, 2.45) is 0 Å². The van der Waals surface area contributed by atoms with Crippen LogP contribution in [0.5, 0.6) is 5.75 Å². The number of para-hydroxylation sites is 1. The van der Waals surface area contributed by atoms with Crippen molar-refractivity contribution < 1.29 is 9.53 Å². The van der Waals surface area contributed by atoms with E-state index in [1.807, 2.05) is 49.1 Å². The van der Waals surface area contributed by atoms with Gasteiger partial charge in [0, 0.05) is 35.7 Å². The van der Waals surface area contributed by atoms with Crippen LogP contribution in [0.15, 0.2) is 54.9 Å². The molecule has 0 saturated heterocycles. The van der Waals surface area contributed by atoms with Crippen molar-refractivity contribution in [3.05, 3.63) is 71.0 Å². The summed E-state index contributed by atoms with van der Waals surface area (Å²) in [6, 6.07) is 13.3. The summed E-state index contributed by atoms with van der Waals surface area (Å²) < 4.78 is 5.29. The van der Waals surface area contributed by atoms with Gasteiger partial charge in [-0.25, -0.2) is 9.97 Å². The second-order valence-electron chi connectivity index (χ2n) is 6.11. The summed E-state index contributed by atoms with van der Waals surface area (Å²) >= 11 is 6.11. The van der Waals surface area contributed by atoms with E-state index < -0.39 is 0 Å². The van der Waals surface area contributed by atoms with Gasteiger partial charge in [0.15, 0.2) is 0 Å². The molecule has 7 heteroatoms. The zero-order valence-electron chi connectivity index (χ0n) is 15.9. The van der Waals surface area contributed by atoms with Crippen molar-refractivity contribution in [2.75, 3.05) is 23.9 Å². The Bertz CT molecular complexity index is 962. The monoisotopic (exact) mass is 396 g/mol. The van der Waals surface area contributed by atoms with Crippen LogP contribution >= 0.6 is 11.6 Å². The first-order chi connectivity index (χ1) is 13.5. The number of nitrogens with zero attached hydrogens (tertiary/aromatic N) is 3. The molecule has 0 spiro atoms. The lowest BCUT2D eigenvalue weighted by atomic mass is 10.2. The van der Waals surface area contributed by atoms with E-state index in [0.29, 0.717) is 34.5 Å². The number of amides is 1. The summed E-state index contributed by atoms with van der Waals surface area (Å²) in [5.41, 5.74) is 2.72. The molecule has 0 aliphatic heterocycles. The second kappa shape index (κ2) is 8.71. The molecule has 0 atom stereocenters. The topological polar surface area (TPSA) is 67.4 Å². The average molecular weight is 397 g/mol. The van der Waals surface area contributed by atoms with Crippen molar-refractivity contribution >= 4 is 34.8 Å². The highest BCUT2D eigenvalue weighted by atomic mass is 35.5. The second-order valence-corrected chi connectivity index (χ2v) is 6.51. The van der Waals surface area contributed by atoms with Gasteiger partial charge in [-0.3, -0.25) is 4.79 Å². The van der Waals surface area contributed by atoms with E-state index >= 15 is 0 Å². The first-order valence-corrected chi connectivity index (χ1v) is 9.21. The first kappa shape index (κ1) is 19.6. The number of aryl methyl sites for hydroxylation is 1. The standard InChI is InChI=1S/C21H21ClN4O2/c1-4-26(16-8-6-5-7-9-16)21-23-12-15(13-24-21)20(27)25-18-10-14(2)17(22)11-19(18)28-3/h5-13H,4H2,1-3H3,(H,25,27). The average Bonchev–Trinajstić information content (AvgIpc) is 2.72. The van der Waals surface area contributed by atoms with E-state index in [-0.39, 0.29) is 5.91 Å². The molecule has 0 fully saturated rings. The highest BCUT2D eigenvalue weighted by Gasteiger charge is 2.15. The van der Waals surface area contributed by atoms with Gasteiger partial charge in [0.2, 0.25) is 5.95 Å². The van der Waals surface area contributed by atoms with Gasteiger partial charge < -0.3 is 15.0 Å². The molecule has 0 unspecified atom stereocenters. The number of carbonyl (C=O) groups is 1. The molecule has 3 rings (SSSR count). The molecule has 0 aliphatic rings. The molecule has 0 aliphatic carbocycles. The quantitative estimate of drug-likeness (QED) is 0.644. The summed E-state index contributed by atoms with van der Waals surface area (Å²) in [6.07, 6.45) is 3.02. The molecule has 144 valence electrons. The predicted molar refractivity (Wildman–Crippen MR) is 112 cm³/mol. The van der Waals surface area contributed by atoms with Crippen molar-refractivity contribution in [1.29, 1.82) is 0 Å². The third-order valence-electron chi connectivity index (χ3n) is 4.25. The van der Waals surface area contributed by atoms with Crippen LogP contribution in [0.4, 0.5) is 17.3 Å². The Kier molecular flexibility index (Phi) is 6.11. The molecule has 2 aromatic carbocycles. The van der Waals surface area contributed by atoms with Crippen LogP contribution in [-0.4, -0.2) is 29.5 Å². The van der Waals surface area contributed by atoms with Gasteiger partial charge in [0.05, 0.1) is 18.4 Å². The summed E-state index contributed by atoms with van der Waals surface area (Å²) in [4.78, 5) is 23.3. The number of carbonyl (C=O) groups excluding carboxylic acids is 1. The summed E-state index contributed by atoms with van der Waals surface area (Å²) in [6.45, 7) is 4.58. The number of methoxy groups -OCH3 is 1. The van der Waals surface area contributed by atoms with E-state index in [4.69, 9.17) is 16.3 Å². The number of ether oxygens (including phenoxy) is 1. The van der Waals surface area contributed by atoms with Gasteiger partial charge in [0.1, 0.15) is 5.75 Å². The summed E-state index contributed by atoms with van der Waals surface area (Å²) in [5.74, 6) is 0.697. The number of halogens is 1. The number of rotatable bonds is 6. The van der Waals surface area contributed by atoms with Gasteiger partial charge in [-0.15, -0.1) is 0 Å². The Balaban J connectivity index is 1.80. The molecule has 0 radical (unpaired) electrons. The van der Waals surface area contributed by atoms with Gasteiger partial charge in [-0.1, -0.05) is 29.8 Å². The molecule has 28 heavy (non-hydrogen) atoms. The number of aromatic nitrogens is 2. The lowest BCUT2D eigenvalue weighted by Crippen LogP contribution is -2.20. The minimum absolute atomic E-state index is 0.325. The maximum atomic E-state index is 12.6. The largest absolute Gasteiger partial charge is 0.495 e. The number of hydrogen-bond acceptors (Lipinski definition) is 5. The zero-order valence-corrected chi connectivity index (χ0v) is 16.7. The first-order valence-electron chi connectivity index (χ1n) is 8.83. The van der Waals surface area contributed by atoms with Gasteiger partial charge in [-0.05, 0) is 37.6 Å². The van der Waals surface area contributed by atoms with Crippen LogP contribution in [0.3, 0.4) is 0 Å². The molecular formula is C21H21ClN4O2. The SMILES string of the molecule is CCN(c1ccccc1)c1ncc(C(=O)Nc2cc(C)c(Cl)cc2OC)cn1. The van der Waals surface area contributed by atoms with Crippen LogP contribution in [0.1, 0.15) is 22.8 Å². The Morgan fingerprint density at radius 3 is 2.46 bits per heavy atom. The lowest BCUT2D eigenvalue weighted by Gasteiger charge is -2.20. The van der Waals surface area contributed by atoms with Crippen LogP contribution in [-0.2, 0) is 0 Å². The van der Waals surface area contributed by atoms with Crippen molar-refractivity contribution in [3.63, 3.8) is 0 Å². The molecule has 0 bridgehead atoms. The van der Waals surface area contributed by atoms with Gasteiger partial charge in [0.25, 0.3) is 5.91 Å². The van der Waals surface area contributed by atoms with Crippen molar-refractivity contribution in [1.82, 2.24) is 9.97 Å². The smallest absolute Gasteiger partial charge is 0.258 e. The normalized spacial score (nSPS) is 10.4. The summed E-state index contributed by atoms with van der Waals surface area (Å²) in [7, 11) is 1.53. The molecule has 1 aromatic heterocycles. The van der Waals surface area contributed by atoms with E-state index in [1.54, 1.807) is 12.1 Å². The number of benzene rings is 2. The van der Waals surface area contributed by atoms with Gasteiger partial charge >= 0.3 is 0 Å². The van der Waals surface area contributed by atoms with Crippen LogP contribution in [0, 0.1) is 6.92 Å². The van der Waals surface area contributed by atoms with Crippen LogP contribution in [0.25, 0.3) is 0 Å². The summed E-state index contributed by atoms with van der Waals surface area (Å²) in [5, 5.41) is 3.40. The highest BCUT2D eigenvalue weighted by Crippen LogP contribution is 2.31. The minimum Gasteiger partial charge on any atom is -0.495 e. The lowest BCUT2D eigenvalue weighted by molar-refractivity contribution is 0.102. The molecule has 1 heterocycles. The Labute approximate surface area is 169 Å². The molecule has 0 saturated carbocycles. The molecule has 3 aromatic rings. The molecular weight excluding hydrogens is 376 g/mol. The van der Waals surface area contributed by atoms with Crippen LogP contribution < -0.4 is 15.0 Å². The van der Waals surface area contributed by atoms with E-state index in [1.165, 1.54) is 19.5 Å². The minimum atomic E-state index is -0.325. The Hall–Kier alpha value is -3.12. The number of hydrogen-bond donors (Lipinski definition) is 1. The zero-order chi connectivity index (χ0) is 20.1. The fourth-order valence-corrected chi connectivity index (χ4v) is 2.90. The van der Waals surface area contributed by atoms with Crippen molar-refractivity contribution in [3.8, 4) is 5.75 Å².